The zero-order valence-electron chi connectivity index (χ0n) is 8.29. The maximum absolute atomic E-state index is 5.76. The van der Waals surface area contributed by atoms with Gasteiger partial charge in [0.1, 0.15) is 0 Å². The summed E-state index contributed by atoms with van der Waals surface area (Å²) in [7, 11) is 0. The normalized spacial score (nSPS) is 40.6. The zero-order valence-corrected chi connectivity index (χ0v) is 8.29. The molecule has 1 aliphatic heterocycles. The van der Waals surface area contributed by atoms with E-state index in [1.165, 1.54) is 19.3 Å². The van der Waals surface area contributed by atoms with Crippen LogP contribution >= 0.6 is 0 Å². The molecule has 2 unspecified atom stereocenters. The number of hydrogen-bond acceptors (Lipinski definition) is 3. The van der Waals surface area contributed by atoms with Crippen molar-refractivity contribution in [3.05, 3.63) is 0 Å². The van der Waals surface area contributed by atoms with Crippen LogP contribution in [-0.4, -0.2) is 25.0 Å². The van der Waals surface area contributed by atoms with Crippen molar-refractivity contribution in [3.8, 4) is 0 Å². The van der Waals surface area contributed by atoms with Crippen LogP contribution in [0.25, 0.3) is 0 Å². The molecular weight excluding hydrogens is 166 g/mol. The highest BCUT2D eigenvalue weighted by Crippen LogP contribution is 2.38. The van der Waals surface area contributed by atoms with Crippen molar-refractivity contribution in [3.63, 3.8) is 0 Å². The molecule has 0 spiro atoms. The lowest BCUT2D eigenvalue weighted by atomic mass is 9.81. The Bertz CT molecular complexity index is 182. The highest BCUT2D eigenvalue weighted by molar-refractivity contribution is 4.81. The third-order valence-electron chi connectivity index (χ3n) is 3.14. The molecule has 1 aliphatic carbocycles. The van der Waals surface area contributed by atoms with E-state index in [1.807, 2.05) is 6.92 Å². The number of nitrogens with two attached hydrogens (primary N) is 1. The van der Waals surface area contributed by atoms with E-state index in [9.17, 15) is 0 Å². The summed E-state index contributed by atoms with van der Waals surface area (Å²) >= 11 is 0. The van der Waals surface area contributed by atoms with Gasteiger partial charge in [0.15, 0.2) is 5.79 Å². The SMILES string of the molecule is CC1(CC2CCC2)OCC(CN)O1. The van der Waals surface area contributed by atoms with Gasteiger partial charge in [-0.3, -0.25) is 0 Å². The molecule has 0 radical (unpaired) electrons. The summed E-state index contributed by atoms with van der Waals surface area (Å²) < 4.78 is 11.4. The minimum absolute atomic E-state index is 0.116. The maximum Gasteiger partial charge on any atom is 0.166 e. The van der Waals surface area contributed by atoms with Gasteiger partial charge in [-0.15, -0.1) is 0 Å². The van der Waals surface area contributed by atoms with Crippen LogP contribution in [-0.2, 0) is 9.47 Å². The molecule has 2 atom stereocenters. The standard InChI is InChI=1S/C10H19NO2/c1-10(5-8-3-2-4-8)12-7-9(6-11)13-10/h8-9H,2-7,11H2,1H3. The molecule has 1 heterocycles. The fraction of sp³-hybridized carbons (Fsp3) is 1.00. The lowest BCUT2D eigenvalue weighted by Crippen LogP contribution is -2.33. The highest BCUT2D eigenvalue weighted by atomic mass is 16.7. The summed E-state index contributed by atoms with van der Waals surface area (Å²) in [6.07, 6.45) is 5.22. The Morgan fingerprint density at radius 1 is 1.46 bits per heavy atom. The summed E-state index contributed by atoms with van der Waals surface area (Å²) in [4.78, 5) is 0. The highest BCUT2D eigenvalue weighted by Gasteiger charge is 2.39. The van der Waals surface area contributed by atoms with Crippen molar-refractivity contribution in [2.45, 2.75) is 44.5 Å². The zero-order chi connectivity index (χ0) is 9.31. The minimum Gasteiger partial charge on any atom is -0.347 e. The van der Waals surface area contributed by atoms with Crippen molar-refractivity contribution < 1.29 is 9.47 Å². The molecule has 3 heteroatoms. The number of hydrogen-bond donors (Lipinski definition) is 1. The Hall–Kier alpha value is -0.120. The predicted molar refractivity (Wildman–Crippen MR) is 50.2 cm³/mol. The molecule has 3 nitrogen and oxygen atoms in total. The summed E-state index contributed by atoms with van der Waals surface area (Å²) in [6.45, 7) is 3.28. The molecule has 76 valence electrons. The van der Waals surface area contributed by atoms with Crippen LogP contribution < -0.4 is 5.73 Å². The molecule has 0 aromatic carbocycles. The second kappa shape index (κ2) is 3.56. The van der Waals surface area contributed by atoms with E-state index in [-0.39, 0.29) is 11.9 Å². The van der Waals surface area contributed by atoms with E-state index in [0.29, 0.717) is 13.2 Å². The lowest BCUT2D eigenvalue weighted by Gasteiger charge is -2.33. The van der Waals surface area contributed by atoms with Gasteiger partial charge in [-0.2, -0.15) is 0 Å². The van der Waals surface area contributed by atoms with Gasteiger partial charge >= 0.3 is 0 Å². The quantitative estimate of drug-likeness (QED) is 0.720. The van der Waals surface area contributed by atoms with E-state index in [2.05, 4.69) is 0 Å². The fourth-order valence-electron chi connectivity index (χ4n) is 2.13. The molecule has 1 saturated heterocycles. The Morgan fingerprint density at radius 3 is 2.69 bits per heavy atom. The van der Waals surface area contributed by atoms with Crippen molar-refractivity contribution in [1.29, 1.82) is 0 Å². The molecule has 2 rings (SSSR count). The van der Waals surface area contributed by atoms with Crippen LogP contribution in [0.3, 0.4) is 0 Å². The Kier molecular flexibility index (Phi) is 2.58. The molecule has 0 aromatic heterocycles. The average molecular weight is 185 g/mol. The molecule has 1 saturated carbocycles. The molecule has 2 N–H and O–H groups in total. The monoisotopic (exact) mass is 185 g/mol. The van der Waals surface area contributed by atoms with Gasteiger partial charge in [-0.05, 0) is 12.8 Å². The van der Waals surface area contributed by atoms with Gasteiger partial charge in [0, 0.05) is 13.0 Å². The first-order valence-electron chi connectivity index (χ1n) is 5.24. The van der Waals surface area contributed by atoms with E-state index in [4.69, 9.17) is 15.2 Å². The molecule has 2 aliphatic rings. The maximum atomic E-state index is 5.76. The van der Waals surface area contributed by atoms with Gasteiger partial charge in [0.25, 0.3) is 0 Å². The topological polar surface area (TPSA) is 44.5 Å². The van der Waals surface area contributed by atoms with Crippen LogP contribution in [0.15, 0.2) is 0 Å². The van der Waals surface area contributed by atoms with Crippen LogP contribution in [0, 0.1) is 5.92 Å². The summed E-state index contributed by atoms with van der Waals surface area (Å²) in [5, 5.41) is 0. The third-order valence-corrected chi connectivity index (χ3v) is 3.14. The third kappa shape index (κ3) is 2.03. The molecule has 0 aromatic rings. The Morgan fingerprint density at radius 2 is 2.23 bits per heavy atom. The van der Waals surface area contributed by atoms with Gasteiger partial charge in [-0.25, -0.2) is 0 Å². The van der Waals surface area contributed by atoms with Gasteiger partial charge < -0.3 is 15.2 Å². The molecule has 0 bridgehead atoms. The van der Waals surface area contributed by atoms with E-state index < -0.39 is 0 Å². The van der Waals surface area contributed by atoms with Crippen molar-refractivity contribution >= 4 is 0 Å². The van der Waals surface area contributed by atoms with Crippen molar-refractivity contribution in [1.82, 2.24) is 0 Å². The molecule has 2 fully saturated rings. The Labute approximate surface area is 79.6 Å². The van der Waals surface area contributed by atoms with Crippen LogP contribution in [0.1, 0.15) is 32.6 Å². The van der Waals surface area contributed by atoms with Crippen LogP contribution in [0.4, 0.5) is 0 Å². The Balaban J connectivity index is 1.82. The van der Waals surface area contributed by atoms with Crippen LogP contribution in [0.5, 0.6) is 0 Å². The second-order valence-electron chi connectivity index (χ2n) is 4.42. The molecular formula is C10H19NO2. The van der Waals surface area contributed by atoms with Gasteiger partial charge in [0.2, 0.25) is 0 Å². The first-order chi connectivity index (χ1) is 6.22. The second-order valence-corrected chi connectivity index (χ2v) is 4.42. The largest absolute Gasteiger partial charge is 0.347 e. The number of rotatable bonds is 3. The first-order valence-corrected chi connectivity index (χ1v) is 5.24. The molecule has 0 amide bonds. The van der Waals surface area contributed by atoms with Crippen molar-refractivity contribution in [2.75, 3.05) is 13.2 Å². The number of ether oxygens (including phenoxy) is 2. The fourth-order valence-corrected chi connectivity index (χ4v) is 2.13. The van der Waals surface area contributed by atoms with Gasteiger partial charge in [0.05, 0.1) is 12.7 Å². The summed E-state index contributed by atoms with van der Waals surface area (Å²) in [6, 6.07) is 0. The minimum atomic E-state index is -0.338. The van der Waals surface area contributed by atoms with Gasteiger partial charge in [-0.1, -0.05) is 19.3 Å². The predicted octanol–water partition coefficient (Wildman–Crippen LogP) is 1.27. The average Bonchev–Trinajstić information content (AvgIpc) is 2.41. The molecule has 13 heavy (non-hydrogen) atoms. The van der Waals surface area contributed by atoms with Crippen LogP contribution in [0.2, 0.25) is 0 Å². The lowest BCUT2D eigenvalue weighted by molar-refractivity contribution is -0.169. The summed E-state index contributed by atoms with van der Waals surface area (Å²) in [5.74, 6) is 0.483. The van der Waals surface area contributed by atoms with Crippen molar-refractivity contribution in [2.24, 2.45) is 11.7 Å². The smallest absolute Gasteiger partial charge is 0.166 e. The summed E-state index contributed by atoms with van der Waals surface area (Å²) in [5.41, 5.74) is 5.53. The van der Waals surface area contributed by atoms with E-state index in [1.54, 1.807) is 0 Å². The van der Waals surface area contributed by atoms with E-state index in [0.717, 1.165) is 12.3 Å². The van der Waals surface area contributed by atoms with E-state index >= 15 is 0 Å². The first kappa shape index (κ1) is 9.44.